The van der Waals surface area contributed by atoms with Crippen LogP contribution in [0.15, 0.2) is 66.3 Å². The van der Waals surface area contributed by atoms with Crippen LogP contribution in [-0.4, -0.2) is 22.5 Å². The van der Waals surface area contributed by atoms with E-state index in [1.54, 1.807) is 23.7 Å². The molecule has 0 unspecified atom stereocenters. The molecule has 0 saturated carbocycles. The maximum Gasteiger partial charge on any atom is 0.322 e. The highest BCUT2D eigenvalue weighted by atomic mass is 32.1. The van der Waals surface area contributed by atoms with Crippen molar-refractivity contribution in [3.63, 3.8) is 0 Å². The number of carbonyl (C=O) groups is 1. The Morgan fingerprint density at radius 2 is 2.12 bits per heavy atom. The second-order valence-electron chi connectivity index (χ2n) is 5.91. The van der Waals surface area contributed by atoms with Crippen molar-refractivity contribution in [2.24, 2.45) is 0 Å². The van der Waals surface area contributed by atoms with Crippen LogP contribution in [0.25, 0.3) is 0 Å². The average molecular weight is 351 g/mol. The van der Waals surface area contributed by atoms with E-state index in [0.29, 0.717) is 13.1 Å². The third-order valence-corrected chi connectivity index (χ3v) is 4.80. The predicted octanol–water partition coefficient (Wildman–Crippen LogP) is 4.73. The standard InChI is InChI=1S/C20H21N3OS/c1-16-5-2-7-18(13-16)22-20(24)23(11-9-19-8-4-12-25-19)15-17-6-3-10-21-14-17/h2-8,10,12-14H,9,11,15H2,1H3,(H,22,24). The molecule has 0 aliphatic carbocycles. The maximum atomic E-state index is 12.8. The van der Waals surface area contributed by atoms with Crippen LogP contribution in [0.1, 0.15) is 16.0 Å². The predicted molar refractivity (Wildman–Crippen MR) is 103 cm³/mol. The van der Waals surface area contributed by atoms with Crippen molar-refractivity contribution in [2.75, 3.05) is 11.9 Å². The number of hydrogen-bond acceptors (Lipinski definition) is 3. The van der Waals surface area contributed by atoms with Crippen molar-refractivity contribution in [2.45, 2.75) is 19.9 Å². The minimum absolute atomic E-state index is 0.0917. The molecule has 4 nitrogen and oxygen atoms in total. The summed E-state index contributed by atoms with van der Waals surface area (Å²) in [5.41, 5.74) is 2.96. The first-order valence-electron chi connectivity index (χ1n) is 8.24. The third kappa shape index (κ3) is 5.16. The van der Waals surface area contributed by atoms with Gasteiger partial charge in [0.1, 0.15) is 0 Å². The van der Waals surface area contributed by atoms with Gasteiger partial charge in [-0.3, -0.25) is 4.98 Å². The van der Waals surface area contributed by atoms with Crippen LogP contribution in [0.4, 0.5) is 10.5 Å². The van der Waals surface area contributed by atoms with Gasteiger partial charge in [0.05, 0.1) is 0 Å². The molecule has 0 spiro atoms. The summed E-state index contributed by atoms with van der Waals surface area (Å²) in [6.07, 6.45) is 4.39. The number of aromatic nitrogens is 1. The number of benzene rings is 1. The van der Waals surface area contributed by atoms with Crippen LogP contribution < -0.4 is 5.32 Å². The van der Waals surface area contributed by atoms with E-state index in [1.165, 1.54) is 4.88 Å². The fourth-order valence-electron chi connectivity index (χ4n) is 2.59. The van der Waals surface area contributed by atoms with E-state index in [9.17, 15) is 4.79 Å². The monoisotopic (exact) mass is 351 g/mol. The molecule has 1 N–H and O–H groups in total. The number of nitrogens with one attached hydrogen (secondary N) is 1. The Morgan fingerprint density at radius 1 is 1.20 bits per heavy atom. The van der Waals surface area contributed by atoms with Gasteiger partial charge < -0.3 is 10.2 Å². The zero-order valence-corrected chi connectivity index (χ0v) is 15.0. The van der Waals surface area contributed by atoms with Gasteiger partial charge in [0.2, 0.25) is 0 Å². The van der Waals surface area contributed by atoms with E-state index >= 15 is 0 Å². The molecule has 25 heavy (non-hydrogen) atoms. The lowest BCUT2D eigenvalue weighted by molar-refractivity contribution is 0.210. The van der Waals surface area contributed by atoms with Gasteiger partial charge in [0.25, 0.3) is 0 Å². The molecule has 0 atom stereocenters. The van der Waals surface area contributed by atoms with E-state index in [1.807, 2.05) is 54.3 Å². The number of hydrogen-bond donors (Lipinski definition) is 1. The topological polar surface area (TPSA) is 45.2 Å². The summed E-state index contributed by atoms with van der Waals surface area (Å²) in [7, 11) is 0. The van der Waals surface area contributed by atoms with Gasteiger partial charge in [-0.05, 0) is 54.1 Å². The molecule has 3 rings (SSSR count). The quantitative estimate of drug-likeness (QED) is 0.698. The number of thiophene rings is 1. The number of nitrogens with zero attached hydrogens (tertiary/aromatic N) is 2. The molecular formula is C20H21N3OS. The first kappa shape index (κ1) is 17.2. The molecule has 0 fully saturated rings. The summed E-state index contributed by atoms with van der Waals surface area (Å²) in [5.74, 6) is 0. The molecular weight excluding hydrogens is 330 g/mol. The van der Waals surface area contributed by atoms with Crippen molar-refractivity contribution >= 4 is 23.1 Å². The molecule has 3 aromatic rings. The number of carbonyl (C=O) groups excluding carboxylic acids is 1. The summed E-state index contributed by atoms with van der Waals surface area (Å²) in [6, 6.07) is 15.8. The minimum atomic E-state index is -0.0917. The first-order chi connectivity index (χ1) is 12.2. The largest absolute Gasteiger partial charge is 0.322 e. The Hall–Kier alpha value is -2.66. The Morgan fingerprint density at radius 3 is 2.84 bits per heavy atom. The highest BCUT2D eigenvalue weighted by Crippen LogP contribution is 2.14. The Balaban J connectivity index is 1.70. The summed E-state index contributed by atoms with van der Waals surface area (Å²) < 4.78 is 0. The number of pyridine rings is 1. The fraction of sp³-hybridized carbons (Fsp3) is 0.200. The van der Waals surface area contributed by atoms with Gasteiger partial charge in [-0.25, -0.2) is 4.79 Å². The second-order valence-corrected chi connectivity index (χ2v) is 6.94. The summed E-state index contributed by atoms with van der Waals surface area (Å²) in [4.78, 5) is 20.0. The number of urea groups is 1. The molecule has 0 radical (unpaired) electrons. The van der Waals surface area contributed by atoms with Gasteiger partial charge in [-0.1, -0.05) is 24.3 Å². The Bertz CT molecular complexity index is 803. The molecule has 5 heteroatoms. The number of anilines is 1. The fourth-order valence-corrected chi connectivity index (χ4v) is 3.29. The summed E-state index contributed by atoms with van der Waals surface area (Å²) in [6.45, 7) is 3.21. The number of amides is 2. The van der Waals surface area contributed by atoms with Crippen LogP contribution in [-0.2, 0) is 13.0 Å². The second kappa shape index (κ2) is 8.44. The van der Waals surface area contributed by atoms with Crippen molar-refractivity contribution in [3.8, 4) is 0 Å². The summed E-state index contributed by atoms with van der Waals surface area (Å²) >= 11 is 1.72. The SMILES string of the molecule is Cc1cccc(NC(=O)N(CCc2cccs2)Cc2cccnc2)c1. The maximum absolute atomic E-state index is 12.8. The van der Waals surface area contributed by atoms with Crippen molar-refractivity contribution in [1.82, 2.24) is 9.88 Å². The van der Waals surface area contributed by atoms with Gasteiger partial charge in [-0.15, -0.1) is 11.3 Å². The van der Waals surface area contributed by atoms with E-state index < -0.39 is 0 Å². The van der Waals surface area contributed by atoms with Crippen LogP contribution in [0.3, 0.4) is 0 Å². The average Bonchev–Trinajstić information content (AvgIpc) is 3.13. The number of rotatable bonds is 6. The normalized spacial score (nSPS) is 10.4. The zero-order valence-electron chi connectivity index (χ0n) is 14.2. The van der Waals surface area contributed by atoms with E-state index in [2.05, 4.69) is 21.7 Å². The molecule has 0 aliphatic heterocycles. The van der Waals surface area contributed by atoms with Gasteiger partial charge in [0.15, 0.2) is 0 Å². The van der Waals surface area contributed by atoms with Gasteiger partial charge in [-0.2, -0.15) is 0 Å². The lowest BCUT2D eigenvalue weighted by atomic mass is 10.2. The highest BCUT2D eigenvalue weighted by molar-refractivity contribution is 7.09. The molecule has 2 amide bonds. The lowest BCUT2D eigenvalue weighted by Gasteiger charge is -2.23. The highest BCUT2D eigenvalue weighted by Gasteiger charge is 2.15. The van der Waals surface area contributed by atoms with Gasteiger partial charge >= 0.3 is 6.03 Å². The molecule has 128 valence electrons. The molecule has 0 aliphatic rings. The van der Waals surface area contributed by atoms with E-state index in [0.717, 1.165) is 23.2 Å². The Labute approximate surface area is 152 Å². The van der Waals surface area contributed by atoms with Gasteiger partial charge in [0, 0.05) is 36.0 Å². The minimum Gasteiger partial charge on any atom is -0.320 e. The van der Waals surface area contributed by atoms with E-state index in [4.69, 9.17) is 0 Å². The van der Waals surface area contributed by atoms with Crippen LogP contribution in [0.5, 0.6) is 0 Å². The smallest absolute Gasteiger partial charge is 0.320 e. The number of aryl methyl sites for hydroxylation is 1. The van der Waals surface area contributed by atoms with Crippen molar-refractivity contribution in [1.29, 1.82) is 0 Å². The van der Waals surface area contributed by atoms with Crippen LogP contribution >= 0.6 is 11.3 Å². The van der Waals surface area contributed by atoms with Crippen molar-refractivity contribution < 1.29 is 4.79 Å². The Kier molecular flexibility index (Phi) is 5.80. The van der Waals surface area contributed by atoms with E-state index in [-0.39, 0.29) is 6.03 Å². The molecule has 0 saturated heterocycles. The molecule has 0 bridgehead atoms. The third-order valence-electron chi connectivity index (χ3n) is 3.86. The molecule has 2 heterocycles. The van der Waals surface area contributed by atoms with Crippen LogP contribution in [0, 0.1) is 6.92 Å². The first-order valence-corrected chi connectivity index (χ1v) is 9.12. The lowest BCUT2D eigenvalue weighted by Crippen LogP contribution is -2.36. The zero-order chi connectivity index (χ0) is 17.5. The molecule has 1 aromatic carbocycles. The van der Waals surface area contributed by atoms with Crippen molar-refractivity contribution in [3.05, 3.63) is 82.3 Å². The molecule has 2 aromatic heterocycles. The summed E-state index contributed by atoms with van der Waals surface area (Å²) in [5, 5.41) is 5.07. The van der Waals surface area contributed by atoms with Crippen LogP contribution in [0.2, 0.25) is 0 Å².